The molecular formula is C32H39N7O2. The van der Waals surface area contributed by atoms with E-state index in [4.69, 9.17) is 4.98 Å². The molecule has 1 aromatic carbocycles. The number of aromatic nitrogens is 4. The van der Waals surface area contributed by atoms with Gasteiger partial charge >= 0.3 is 0 Å². The molecule has 9 nitrogen and oxygen atoms in total. The van der Waals surface area contributed by atoms with Crippen LogP contribution in [0.5, 0.6) is 0 Å². The van der Waals surface area contributed by atoms with E-state index in [1.807, 2.05) is 23.2 Å². The number of pyridine rings is 2. The third-order valence-corrected chi connectivity index (χ3v) is 9.19. The van der Waals surface area contributed by atoms with Crippen molar-refractivity contribution in [2.24, 2.45) is 5.92 Å². The Kier molecular flexibility index (Phi) is 7.31. The Balaban J connectivity index is 1.18. The molecule has 2 N–H and O–H groups in total. The number of anilines is 2. The number of rotatable bonds is 8. The minimum atomic E-state index is -0.284. The van der Waals surface area contributed by atoms with Gasteiger partial charge in [0.15, 0.2) is 0 Å². The van der Waals surface area contributed by atoms with E-state index in [-0.39, 0.29) is 17.7 Å². The molecule has 0 amide bonds. The summed E-state index contributed by atoms with van der Waals surface area (Å²) in [7, 11) is 0. The van der Waals surface area contributed by atoms with E-state index in [1.165, 1.54) is 18.5 Å². The zero-order valence-corrected chi connectivity index (χ0v) is 23.6. The van der Waals surface area contributed by atoms with Gasteiger partial charge in [-0.3, -0.25) is 19.2 Å². The molecule has 7 rings (SSSR count). The minimum Gasteiger partial charge on any atom is -0.393 e. The molecule has 3 aliphatic rings. The maximum Gasteiger partial charge on any atom is 0.260 e. The fraction of sp³-hybridized carbons (Fsp3) is 0.500. The first-order chi connectivity index (χ1) is 20.1. The summed E-state index contributed by atoms with van der Waals surface area (Å²) in [6.45, 7) is 5.54. The van der Waals surface area contributed by atoms with Crippen LogP contribution in [0.2, 0.25) is 0 Å². The summed E-state index contributed by atoms with van der Waals surface area (Å²) in [5.41, 5.74) is 3.08. The van der Waals surface area contributed by atoms with Crippen molar-refractivity contribution in [3.05, 3.63) is 64.8 Å². The van der Waals surface area contributed by atoms with Crippen molar-refractivity contribution >= 4 is 33.4 Å². The molecule has 0 radical (unpaired) electrons. The molecule has 4 heterocycles. The predicted octanol–water partition coefficient (Wildman–Crippen LogP) is 4.35. The van der Waals surface area contributed by atoms with Gasteiger partial charge in [-0.25, -0.2) is 4.98 Å². The molecule has 1 saturated heterocycles. The number of nitrogens with zero attached hydrogens (tertiary/aromatic N) is 6. The van der Waals surface area contributed by atoms with Gasteiger partial charge in [-0.05, 0) is 67.2 Å². The molecule has 2 saturated carbocycles. The van der Waals surface area contributed by atoms with Crippen molar-refractivity contribution in [1.82, 2.24) is 24.4 Å². The van der Waals surface area contributed by atoms with Crippen molar-refractivity contribution in [3.8, 4) is 0 Å². The normalized spacial score (nSPS) is 21.9. The van der Waals surface area contributed by atoms with Gasteiger partial charge in [0.25, 0.3) is 5.56 Å². The molecular weight excluding hydrogens is 514 g/mol. The van der Waals surface area contributed by atoms with E-state index < -0.39 is 0 Å². The first kappa shape index (κ1) is 26.3. The Bertz CT molecular complexity index is 1570. The highest BCUT2D eigenvalue weighted by Crippen LogP contribution is 2.33. The molecule has 41 heavy (non-hydrogen) atoms. The van der Waals surface area contributed by atoms with E-state index in [2.05, 4.69) is 55.4 Å². The van der Waals surface area contributed by atoms with Gasteiger partial charge < -0.3 is 15.3 Å². The second-order valence-corrected chi connectivity index (χ2v) is 12.1. The Hall–Kier alpha value is -3.56. The average Bonchev–Trinajstić information content (AvgIpc) is 3.84. The average molecular weight is 554 g/mol. The zero-order chi connectivity index (χ0) is 27.8. The molecule has 0 atom stereocenters. The molecule has 214 valence electrons. The minimum absolute atomic E-state index is 0.0147. The molecule has 1 aliphatic heterocycles. The lowest BCUT2D eigenvalue weighted by atomic mass is 9.92. The van der Waals surface area contributed by atoms with Crippen LogP contribution in [0, 0.1) is 5.92 Å². The standard InChI is InChI=1S/C32H39N7O2/c40-26-6-4-25(5-7-26)39-30-29(20-35-32(36-30)34-14-9-22-1-2-22)27-8-3-23(19-28(27)31(39)41)21-37-15-17-38(18-16-37)24-10-12-33-13-11-24/h3,8,10-13,19-20,22,25-26,40H,1-2,4-7,9,14-18,21H2,(H,34,35,36)/t25-,26-. The Labute approximate surface area is 240 Å². The van der Waals surface area contributed by atoms with Crippen LogP contribution in [0.25, 0.3) is 21.8 Å². The molecule has 3 fully saturated rings. The highest BCUT2D eigenvalue weighted by molar-refractivity contribution is 6.04. The highest BCUT2D eigenvalue weighted by atomic mass is 16.3. The lowest BCUT2D eigenvalue weighted by molar-refractivity contribution is 0.111. The van der Waals surface area contributed by atoms with E-state index in [0.717, 1.165) is 86.2 Å². The number of piperazine rings is 1. The van der Waals surface area contributed by atoms with Gasteiger partial charge in [0.05, 0.1) is 6.10 Å². The van der Waals surface area contributed by atoms with E-state index in [0.29, 0.717) is 24.4 Å². The number of nitrogens with one attached hydrogen (secondary N) is 1. The van der Waals surface area contributed by atoms with Crippen molar-refractivity contribution in [1.29, 1.82) is 0 Å². The van der Waals surface area contributed by atoms with Crippen LogP contribution in [-0.4, -0.2) is 68.4 Å². The SMILES string of the molecule is O=c1c2cc(CN3CCN(c4ccncc4)CC3)ccc2c2cnc(NCCC3CC3)nc2n1[C@H]1CC[C@H](O)CC1. The summed E-state index contributed by atoms with van der Waals surface area (Å²) in [5.74, 6) is 1.42. The van der Waals surface area contributed by atoms with E-state index >= 15 is 0 Å². The van der Waals surface area contributed by atoms with Crippen LogP contribution >= 0.6 is 0 Å². The highest BCUT2D eigenvalue weighted by Gasteiger charge is 2.26. The first-order valence-electron chi connectivity index (χ1n) is 15.3. The van der Waals surface area contributed by atoms with Gasteiger partial charge in [-0.15, -0.1) is 0 Å². The predicted molar refractivity (Wildman–Crippen MR) is 162 cm³/mol. The number of fused-ring (bicyclic) bond motifs is 3. The van der Waals surface area contributed by atoms with Crippen LogP contribution in [0.4, 0.5) is 11.6 Å². The van der Waals surface area contributed by atoms with Crippen LogP contribution in [-0.2, 0) is 6.54 Å². The summed E-state index contributed by atoms with van der Waals surface area (Å²) in [5, 5.41) is 16.1. The van der Waals surface area contributed by atoms with E-state index in [1.54, 1.807) is 0 Å². The lowest BCUT2D eigenvalue weighted by Gasteiger charge is -2.36. The maximum atomic E-state index is 14.2. The number of hydrogen-bond acceptors (Lipinski definition) is 8. The molecule has 3 aromatic heterocycles. The quantitative estimate of drug-likeness (QED) is 0.311. The van der Waals surface area contributed by atoms with Gasteiger partial charge in [0.2, 0.25) is 5.95 Å². The maximum absolute atomic E-state index is 14.2. The lowest BCUT2D eigenvalue weighted by Crippen LogP contribution is -2.45. The van der Waals surface area contributed by atoms with Crippen molar-refractivity contribution in [2.45, 2.75) is 63.6 Å². The Morgan fingerprint density at radius 3 is 2.44 bits per heavy atom. The molecule has 0 spiro atoms. The van der Waals surface area contributed by atoms with Gasteiger partial charge in [0.1, 0.15) is 5.65 Å². The fourth-order valence-electron chi connectivity index (χ4n) is 6.59. The van der Waals surface area contributed by atoms with Gasteiger partial charge in [-0.2, -0.15) is 4.98 Å². The van der Waals surface area contributed by atoms with Gasteiger partial charge in [0, 0.05) is 80.4 Å². The second kappa shape index (κ2) is 11.4. The van der Waals surface area contributed by atoms with Crippen LogP contribution in [0.3, 0.4) is 0 Å². The number of aliphatic hydroxyl groups is 1. The van der Waals surface area contributed by atoms with Crippen LogP contribution in [0.1, 0.15) is 56.6 Å². The third-order valence-electron chi connectivity index (χ3n) is 9.19. The number of benzene rings is 1. The van der Waals surface area contributed by atoms with Gasteiger partial charge in [-0.1, -0.05) is 25.0 Å². The fourth-order valence-corrected chi connectivity index (χ4v) is 6.59. The van der Waals surface area contributed by atoms with Crippen molar-refractivity contribution < 1.29 is 5.11 Å². The third kappa shape index (κ3) is 5.65. The van der Waals surface area contributed by atoms with Crippen molar-refractivity contribution in [2.75, 3.05) is 42.9 Å². The van der Waals surface area contributed by atoms with Crippen LogP contribution in [0.15, 0.2) is 53.7 Å². The zero-order valence-electron chi connectivity index (χ0n) is 23.6. The second-order valence-electron chi connectivity index (χ2n) is 12.1. The first-order valence-corrected chi connectivity index (χ1v) is 15.3. The largest absolute Gasteiger partial charge is 0.393 e. The molecule has 0 unspecified atom stereocenters. The topological polar surface area (TPSA) is 99.4 Å². The molecule has 9 heteroatoms. The summed E-state index contributed by atoms with van der Waals surface area (Å²) in [6.07, 6.45) is 12.0. The summed E-state index contributed by atoms with van der Waals surface area (Å²) in [6, 6.07) is 10.5. The summed E-state index contributed by atoms with van der Waals surface area (Å²) < 4.78 is 1.91. The number of aliphatic hydroxyl groups excluding tert-OH is 1. The summed E-state index contributed by atoms with van der Waals surface area (Å²) >= 11 is 0. The molecule has 2 aliphatic carbocycles. The van der Waals surface area contributed by atoms with Crippen LogP contribution < -0.4 is 15.8 Å². The van der Waals surface area contributed by atoms with Crippen molar-refractivity contribution in [3.63, 3.8) is 0 Å². The Morgan fingerprint density at radius 2 is 1.68 bits per heavy atom. The smallest absolute Gasteiger partial charge is 0.260 e. The molecule has 0 bridgehead atoms. The molecule has 4 aromatic rings. The monoisotopic (exact) mass is 553 g/mol. The number of hydrogen-bond donors (Lipinski definition) is 2. The Morgan fingerprint density at radius 1 is 0.902 bits per heavy atom. The summed E-state index contributed by atoms with van der Waals surface area (Å²) in [4.78, 5) is 32.8. The van der Waals surface area contributed by atoms with E-state index in [9.17, 15) is 9.90 Å².